The van der Waals surface area contributed by atoms with Gasteiger partial charge in [0.25, 0.3) is 0 Å². The van der Waals surface area contributed by atoms with Crippen LogP contribution in [0, 0.1) is 0 Å². The van der Waals surface area contributed by atoms with Crippen LogP contribution in [0.25, 0.3) is 0 Å². The van der Waals surface area contributed by atoms with E-state index in [0.717, 1.165) is 17.5 Å². The molecule has 0 spiro atoms. The second-order valence-corrected chi connectivity index (χ2v) is 4.83. The zero-order chi connectivity index (χ0) is 13.1. The fourth-order valence-corrected chi connectivity index (χ4v) is 2.57. The van der Waals surface area contributed by atoms with Crippen LogP contribution in [-0.4, -0.2) is 31.0 Å². The Kier molecular flexibility index (Phi) is 3.99. The number of methoxy groups -OCH3 is 1. The lowest BCUT2D eigenvalue weighted by atomic mass is 9.90. The molecule has 2 atom stereocenters. The Labute approximate surface area is 108 Å². The minimum atomic E-state index is -0.0249. The van der Waals surface area contributed by atoms with E-state index in [2.05, 4.69) is 6.07 Å². The number of hydrogen-bond acceptors (Lipinski definition) is 3. The van der Waals surface area contributed by atoms with Gasteiger partial charge in [-0.05, 0) is 17.5 Å². The summed E-state index contributed by atoms with van der Waals surface area (Å²) < 4.78 is 5.13. The van der Waals surface area contributed by atoms with Gasteiger partial charge < -0.3 is 15.4 Å². The van der Waals surface area contributed by atoms with E-state index < -0.39 is 0 Å². The molecule has 0 aromatic heterocycles. The minimum Gasteiger partial charge on any atom is -0.380 e. The number of likely N-dealkylation sites (N-methyl/N-ethyl adjacent to an activating group) is 1. The van der Waals surface area contributed by atoms with E-state index in [1.807, 2.05) is 25.2 Å². The predicted octanol–water partition coefficient (Wildman–Crippen LogP) is 1.45. The molecule has 1 aliphatic rings. The highest BCUT2D eigenvalue weighted by atomic mass is 16.5. The molecule has 0 radical (unpaired) electrons. The van der Waals surface area contributed by atoms with Gasteiger partial charge in [-0.15, -0.1) is 0 Å². The number of piperidine rings is 1. The molecule has 1 saturated heterocycles. The van der Waals surface area contributed by atoms with Crippen LogP contribution in [0.3, 0.4) is 0 Å². The molecule has 2 rings (SSSR count). The maximum atomic E-state index is 11.8. The maximum absolute atomic E-state index is 11.8. The van der Waals surface area contributed by atoms with E-state index in [4.69, 9.17) is 10.5 Å². The zero-order valence-electron chi connectivity index (χ0n) is 10.9. The van der Waals surface area contributed by atoms with Gasteiger partial charge in [0, 0.05) is 26.6 Å². The summed E-state index contributed by atoms with van der Waals surface area (Å²) in [5.41, 5.74) is 8.36. The molecule has 2 unspecified atom stereocenters. The third-order valence-corrected chi connectivity index (χ3v) is 3.51. The largest absolute Gasteiger partial charge is 0.380 e. The van der Waals surface area contributed by atoms with Crippen molar-refractivity contribution >= 4 is 5.91 Å². The second-order valence-electron chi connectivity index (χ2n) is 4.83. The summed E-state index contributed by atoms with van der Waals surface area (Å²) in [7, 11) is 3.50. The monoisotopic (exact) mass is 248 g/mol. The summed E-state index contributed by atoms with van der Waals surface area (Å²) in [5, 5.41) is 0. The van der Waals surface area contributed by atoms with E-state index in [1.54, 1.807) is 12.0 Å². The Bertz CT molecular complexity index is 434. The summed E-state index contributed by atoms with van der Waals surface area (Å²) in [6.45, 7) is 0.577. The summed E-state index contributed by atoms with van der Waals surface area (Å²) in [5.74, 6) is 0.166. The molecule has 1 aromatic rings. The molecule has 2 N–H and O–H groups in total. The zero-order valence-corrected chi connectivity index (χ0v) is 10.9. The van der Waals surface area contributed by atoms with E-state index in [-0.39, 0.29) is 18.0 Å². The number of nitrogens with zero attached hydrogens (tertiary/aromatic N) is 1. The highest BCUT2D eigenvalue weighted by molar-refractivity contribution is 5.77. The number of nitrogens with two attached hydrogens (primary N) is 1. The van der Waals surface area contributed by atoms with Crippen LogP contribution >= 0.6 is 0 Å². The number of hydrogen-bond donors (Lipinski definition) is 1. The average molecular weight is 248 g/mol. The first-order valence-corrected chi connectivity index (χ1v) is 6.22. The standard InChI is InChI=1S/C14H20N2O2/c1-16-13(17)7-6-12(15)14(16)11-5-3-4-10(8-11)9-18-2/h3-5,8,12,14H,6-7,9,15H2,1-2H3. The Hall–Kier alpha value is -1.39. The first-order chi connectivity index (χ1) is 8.63. The van der Waals surface area contributed by atoms with Gasteiger partial charge in [0.05, 0.1) is 12.6 Å². The molecular weight excluding hydrogens is 228 g/mol. The molecule has 4 heteroatoms. The van der Waals surface area contributed by atoms with Crippen LogP contribution in [-0.2, 0) is 16.1 Å². The van der Waals surface area contributed by atoms with Crippen molar-refractivity contribution in [3.05, 3.63) is 35.4 Å². The molecule has 1 fully saturated rings. The lowest BCUT2D eigenvalue weighted by molar-refractivity contribution is -0.135. The number of likely N-dealkylation sites (tertiary alicyclic amines) is 1. The first-order valence-electron chi connectivity index (χ1n) is 6.22. The van der Waals surface area contributed by atoms with Crippen LogP contribution < -0.4 is 5.73 Å². The van der Waals surface area contributed by atoms with Gasteiger partial charge in [-0.3, -0.25) is 4.79 Å². The van der Waals surface area contributed by atoms with Crippen LogP contribution in [0.2, 0.25) is 0 Å². The van der Waals surface area contributed by atoms with Gasteiger partial charge >= 0.3 is 0 Å². The normalized spacial score (nSPS) is 24.4. The van der Waals surface area contributed by atoms with Gasteiger partial charge in [0.1, 0.15) is 0 Å². The highest BCUT2D eigenvalue weighted by Gasteiger charge is 2.32. The van der Waals surface area contributed by atoms with E-state index in [0.29, 0.717) is 13.0 Å². The SMILES string of the molecule is COCc1cccc(C2C(N)CCC(=O)N2C)c1. The lowest BCUT2D eigenvalue weighted by Crippen LogP contribution is -2.46. The van der Waals surface area contributed by atoms with Crippen molar-refractivity contribution in [3.63, 3.8) is 0 Å². The summed E-state index contributed by atoms with van der Waals surface area (Å²) in [4.78, 5) is 13.5. The average Bonchev–Trinajstić information content (AvgIpc) is 2.35. The highest BCUT2D eigenvalue weighted by Crippen LogP contribution is 2.30. The van der Waals surface area contributed by atoms with Crippen LogP contribution in [0.15, 0.2) is 24.3 Å². The molecule has 0 saturated carbocycles. The fraction of sp³-hybridized carbons (Fsp3) is 0.500. The fourth-order valence-electron chi connectivity index (χ4n) is 2.57. The van der Waals surface area contributed by atoms with Crippen molar-refractivity contribution in [2.24, 2.45) is 5.73 Å². The third kappa shape index (κ3) is 2.54. The Morgan fingerprint density at radius 3 is 3.00 bits per heavy atom. The van der Waals surface area contributed by atoms with Crippen molar-refractivity contribution in [2.45, 2.75) is 31.5 Å². The van der Waals surface area contributed by atoms with Crippen molar-refractivity contribution in [3.8, 4) is 0 Å². The molecule has 0 bridgehead atoms. The number of rotatable bonds is 3. The predicted molar refractivity (Wildman–Crippen MR) is 69.9 cm³/mol. The van der Waals surface area contributed by atoms with Crippen molar-refractivity contribution in [1.82, 2.24) is 4.90 Å². The molecule has 1 amide bonds. The smallest absolute Gasteiger partial charge is 0.222 e. The molecule has 4 nitrogen and oxygen atoms in total. The summed E-state index contributed by atoms with van der Waals surface area (Å²) >= 11 is 0. The molecular formula is C14H20N2O2. The molecule has 0 aliphatic carbocycles. The molecule has 1 aromatic carbocycles. The van der Waals surface area contributed by atoms with E-state index in [9.17, 15) is 4.79 Å². The number of benzene rings is 1. The number of carbonyl (C=O) groups is 1. The minimum absolute atomic E-state index is 0.00509. The first kappa shape index (κ1) is 13.1. The number of carbonyl (C=O) groups excluding carboxylic acids is 1. The molecule has 1 aliphatic heterocycles. The van der Waals surface area contributed by atoms with E-state index in [1.165, 1.54) is 0 Å². The lowest BCUT2D eigenvalue weighted by Gasteiger charge is -2.37. The number of amides is 1. The van der Waals surface area contributed by atoms with Crippen LogP contribution in [0.5, 0.6) is 0 Å². The molecule has 1 heterocycles. The van der Waals surface area contributed by atoms with Gasteiger partial charge in [-0.2, -0.15) is 0 Å². The summed E-state index contributed by atoms with van der Waals surface area (Å²) in [6.07, 6.45) is 1.30. The van der Waals surface area contributed by atoms with Crippen molar-refractivity contribution < 1.29 is 9.53 Å². The Morgan fingerprint density at radius 2 is 2.28 bits per heavy atom. The third-order valence-electron chi connectivity index (χ3n) is 3.51. The van der Waals surface area contributed by atoms with Crippen molar-refractivity contribution in [2.75, 3.05) is 14.2 Å². The van der Waals surface area contributed by atoms with Gasteiger partial charge in [-0.1, -0.05) is 24.3 Å². The van der Waals surface area contributed by atoms with Gasteiger partial charge in [0.15, 0.2) is 0 Å². The van der Waals surface area contributed by atoms with Crippen molar-refractivity contribution in [1.29, 1.82) is 0 Å². The van der Waals surface area contributed by atoms with E-state index >= 15 is 0 Å². The van der Waals surface area contributed by atoms with Crippen LogP contribution in [0.1, 0.15) is 30.0 Å². The Morgan fingerprint density at radius 1 is 1.50 bits per heavy atom. The second kappa shape index (κ2) is 5.50. The Balaban J connectivity index is 2.27. The maximum Gasteiger partial charge on any atom is 0.222 e. The van der Waals surface area contributed by atoms with Gasteiger partial charge in [0.2, 0.25) is 5.91 Å². The molecule has 98 valence electrons. The van der Waals surface area contributed by atoms with Gasteiger partial charge in [-0.25, -0.2) is 0 Å². The molecule has 18 heavy (non-hydrogen) atoms. The van der Waals surface area contributed by atoms with Crippen LogP contribution in [0.4, 0.5) is 0 Å². The number of ether oxygens (including phenoxy) is 1. The summed E-state index contributed by atoms with van der Waals surface area (Å²) in [6, 6.07) is 8.09. The topological polar surface area (TPSA) is 55.6 Å². The quantitative estimate of drug-likeness (QED) is 0.881.